The Bertz CT molecular complexity index is 528. The average molecular weight is 335 g/mol. The number of ether oxygens (including phenoxy) is 2. The van der Waals surface area contributed by atoms with Crippen LogP contribution in [0.5, 0.6) is 11.5 Å². The molecule has 1 aromatic rings. The van der Waals surface area contributed by atoms with E-state index in [-0.39, 0.29) is 24.2 Å². The van der Waals surface area contributed by atoms with E-state index in [0.29, 0.717) is 18.1 Å². The van der Waals surface area contributed by atoms with E-state index >= 15 is 0 Å². The Labute approximate surface area is 131 Å². The van der Waals surface area contributed by atoms with Gasteiger partial charge in [-0.2, -0.15) is 0 Å². The normalized spacial score (nSPS) is 13.2. The van der Waals surface area contributed by atoms with E-state index < -0.39 is 9.05 Å². The minimum absolute atomic E-state index is 0.0930. The molecular formula is C15H23ClO4S. The molecule has 0 aliphatic heterocycles. The average Bonchev–Trinajstić information content (AvgIpc) is 2.40. The Morgan fingerprint density at radius 2 is 1.71 bits per heavy atom. The van der Waals surface area contributed by atoms with Crippen LogP contribution in [-0.4, -0.2) is 27.4 Å². The molecular weight excluding hydrogens is 312 g/mol. The molecule has 0 aromatic heterocycles. The molecule has 1 atom stereocenters. The first kappa shape index (κ1) is 18.1. The van der Waals surface area contributed by atoms with Crippen LogP contribution in [0.15, 0.2) is 24.3 Å². The number of rotatable bonds is 9. The van der Waals surface area contributed by atoms with Crippen LogP contribution in [0, 0.1) is 11.8 Å². The molecule has 0 aliphatic carbocycles. The van der Waals surface area contributed by atoms with Crippen molar-refractivity contribution in [1.82, 2.24) is 0 Å². The van der Waals surface area contributed by atoms with Gasteiger partial charge in [-0.05, 0) is 24.5 Å². The molecule has 0 radical (unpaired) electrons. The van der Waals surface area contributed by atoms with Gasteiger partial charge in [0.05, 0.1) is 19.0 Å². The molecule has 0 bridgehead atoms. The predicted octanol–water partition coefficient (Wildman–Crippen LogP) is 3.70. The van der Waals surface area contributed by atoms with Crippen LogP contribution >= 0.6 is 10.7 Å². The largest absolute Gasteiger partial charge is 0.490 e. The fourth-order valence-corrected chi connectivity index (χ4v) is 3.26. The smallest absolute Gasteiger partial charge is 0.233 e. The zero-order valence-electron chi connectivity index (χ0n) is 12.7. The quantitative estimate of drug-likeness (QED) is 0.646. The molecule has 0 fully saturated rings. The van der Waals surface area contributed by atoms with Crippen LogP contribution in [0.1, 0.15) is 27.2 Å². The third-order valence-electron chi connectivity index (χ3n) is 3.12. The monoisotopic (exact) mass is 334 g/mol. The van der Waals surface area contributed by atoms with Crippen LogP contribution < -0.4 is 9.47 Å². The zero-order valence-corrected chi connectivity index (χ0v) is 14.3. The highest BCUT2D eigenvalue weighted by Gasteiger charge is 2.21. The Kier molecular flexibility index (Phi) is 7.32. The Morgan fingerprint density at radius 3 is 2.19 bits per heavy atom. The van der Waals surface area contributed by atoms with Gasteiger partial charge in [-0.15, -0.1) is 0 Å². The maximum atomic E-state index is 11.3. The molecule has 21 heavy (non-hydrogen) atoms. The van der Waals surface area contributed by atoms with Crippen LogP contribution in [0.3, 0.4) is 0 Å². The number of halogens is 1. The van der Waals surface area contributed by atoms with Crippen molar-refractivity contribution in [3.63, 3.8) is 0 Å². The third-order valence-corrected chi connectivity index (χ3v) is 4.32. The second kappa shape index (κ2) is 8.49. The summed E-state index contributed by atoms with van der Waals surface area (Å²) in [5, 5.41) is 0. The Morgan fingerprint density at radius 1 is 1.14 bits per heavy atom. The molecule has 1 rings (SSSR count). The lowest BCUT2D eigenvalue weighted by molar-refractivity contribution is 0.211. The number of para-hydroxylation sites is 2. The van der Waals surface area contributed by atoms with Gasteiger partial charge in [-0.25, -0.2) is 8.42 Å². The summed E-state index contributed by atoms with van der Waals surface area (Å²) in [5.41, 5.74) is 0. The first-order valence-electron chi connectivity index (χ1n) is 7.10. The van der Waals surface area contributed by atoms with Crippen LogP contribution in [0.4, 0.5) is 0 Å². The maximum absolute atomic E-state index is 11.3. The molecule has 0 saturated heterocycles. The van der Waals surface area contributed by atoms with Crippen molar-refractivity contribution in [2.75, 3.05) is 19.0 Å². The van der Waals surface area contributed by atoms with Crippen LogP contribution in [-0.2, 0) is 9.05 Å². The topological polar surface area (TPSA) is 52.6 Å². The Balaban J connectivity index is 2.71. The van der Waals surface area contributed by atoms with E-state index in [1.165, 1.54) is 0 Å². The van der Waals surface area contributed by atoms with Gasteiger partial charge in [0.15, 0.2) is 11.5 Å². The number of hydrogen-bond donors (Lipinski definition) is 0. The molecule has 0 spiro atoms. The van der Waals surface area contributed by atoms with Crippen LogP contribution in [0.25, 0.3) is 0 Å². The standard InChI is InChI=1S/C15H23ClO4S/c1-4-9-19-14-7-5-6-8-15(14)20-10-13(12(2)3)11-21(16,17)18/h5-8,12-13H,4,9-11H2,1-3H3. The van der Waals surface area contributed by atoms with Gasteiger partial charge < -0.3 is 9.47 Å². The van der Waals surface area contributed by atoms with Crippen molar-refractivity contribution in [2.45, 2.75) is 27.2 Å². The Hall–Kier alpha value is -0.940. The van der Waals surface area contributed by atoms with Gasteiger partial charge >= 0.3 is 0 Å². The molecule has 0 amide bonds. The summed E-state index contributed by atoms with van der Waals surface area (Å²) in [6.45, 7) is 6.84. The summed E-state index contributed by atoms with van der Waals surface area (Å²) in [7, 11) is 1.81. The van der Waals surface area contributed by atoms with E-state index in [0.717, 1.165) is 6.42 Å². The molecule has 1 aromatic carbocycles. The predicted molar refractivity (Wildman–Crippen MR) is 85.7 cm³/mol. The van der Waals surface area contributed by atoms with E-state index in [2.05, 4.69) is 0 Å². The van der Waals surface area contributed by atoms with Gasteiger partial charge in [-0.3, -0.25) is 0 Å². The highest BCUT2D eigenvalue weighted by molar-refractivity contribution is 8.13. The first-order chi connectivity index (χ1) is 9.83. The summed E-state index contributed by atoms with van der Waals surface area (Å²) < 4.78 is 33.9. The molecule has 4 nitrogen and oxygen atoms in total. The van der Waals surface area contributed by atoms with Crippen molar-refractivity contribution in [2.24, 2.45) is 11.8 Å². The van der Waals surface area contributed by atoms with Gasteiger partial charge in [0.1, 0.15) is 0 Å². The first-order valence-corrected chi connectivity index (χ1v) is 9.58. The maximum Gasteiger partial charge on any atom is 0.233 e. The highest BCUT2D eigenvalue weighted by Crippen LogP contribution is 2.28. The van der Waals surface area contributed by atoms with E-state index in [1.807, 2.05) is 45.0 Å². The minimum atomic E-state index is -3.54. The fourth-order valence-electron chi connectivity index (χ4n) is 1.79. The lowest BCUT2D eigenvalue weighted by Gasteiger charge is -2.20. The second-order valence-electron chi connectivity index (χ2n) is 5.32. The van der Waals surface area contributed by atoms with Gasteiger partial charge in [0, 0.05) is 16.6 Å². The SMILES string of the molecule is CCCOc1ccccc1OCC(CS(=O)(=O)Cl)C(C)C. The van der Waals surface area contributed by atoms with Gasteiger partial charge in [-0.1, -0.05) is 32.9 Å². The van der Waals surface area contributed by atoms with Crippen molar-refractivity contribution in [3.8, 4) is 11.5 Å². The van der Waals surface area contributed by atoms with Gasteiger partial charge in [0.25, 0.3) is 0 Å². The van der Waals surface area contributed by atoms with Gasteiger partial charge in [0.2, 0.25) is 9.05 Å². The molecule has 6 heteroatoms. The highest BCUT2D eigenvalue weighted by atomic mass is 35.7. The molecule has 0 aliphatic rings. The third kappa shape index (κ3) is 7.05. The number of hydrogen-bond acceptors (Lipinski definition) is 4. The zero-order chi connectivity index (χ0) is 15.9. The summed E-state index contributed by atoms with van der Waals surface area (Å²) >= 11 is 0. The number of benzene rings is 1. The molecule has 0 saturated carbocycles. The van der Waals surface area contributed by atoms with Crippen LogP contribution in [0.2, 0.25) is 0 Å². The van der Waals surface area contributed by atoms with Crippen molar-refractivity contribution in [3.05, 3.63) is 24.3 Å². The molecule has 1 unspecified atom stereocenters. The fraction of sp³-hybridized carbons (Fsp3) is 0.600. The van der Waals surface area contributed by atoms with E-state index in [4.69, 9.17) is 20.2 Å². The molecule has 120 valence electrons. The van der Waals surface area contributed by atoms with Crippen molar-refractivity contribution in [1.29, 1.82) is 0 Å². The summed E-state index contributed by atoms with van der Waals surface area (Å²) in [4.78, 5) is 0. The lowest BCUT2D eigenvalue weighted by Crippen LogP contribution is -2.24. The van der Waals surface area contributed by atoms with E-state index in [9.17, 15) is 8.42 Å². The lowest BCUT2D eigenvalue weighted by atomic mass is 9.99. The molecule has 0 N–H and O–H groups in total. The van der Waals surface area contributed by atoms with Crippen molar-refractivity contribution < 1.29 is 17.9 Å². The second-order valence-corrected chi connectivity index (χ2v) is 8.14. The van der Waals surface area contributed by atoms with E-state index in [1.54, 1.807) is 0 Å². The summed E-state index contributed by atoms with van der Waals surface area (Å²) in [6.07, 6.45) is 0.910. The summed E-state index contributed by atoms with van der Waals surface area (Å²) in [6, 6.07) is 7.39. The minimum Gasteiger partial charge on any atom is -0.490 e. The van der Waals surface area contributed by atoms with Crippen molar-refractivity contribution >= 4 is 19.7 Å². The summed E-state index contributed by atoms with van der Waals surface area (Å²) in [5.74, 6) is 1.21. The molecule has 0 heterocycles.